The molecular weight excluding hydrogens is 616 g/mol. The highest BCUT2D eigenvalue weighted by Gasteiger charge is 2.32. The van der Waals surface area contributed by atoms with Crippen LogP contribution in [0.1, 0.15) is 31.0 Å². The van der Waals surface area contributed by atoms with Crippen LogP contribution in [0, 0.1) is 0 Å². The molecule has 2 aromatic rings. The third-order valence-corrected chi connectivity index (χ3v) is 6.16. The van der Waals surface area contributed by atoms with Crippen molar-refractivity contribution in [2.75, 3.05) is 20.3 Å². The van der Waals surface area contributed by atoms with Crippen molar-refractivity contribution in [3.05, 3.63) is 61.7 Å². The number of amides is 3. The Labute approximate surface area is 229 Å². The first kappa shape index (κ1) is 28.0. The molecular formula is C24H24Br2N4O7. The summed E-state index contributed by atoms with van der Waals surface area (Å²) in [6, 6.07) is 6.87. The highest BCUT2D eigenvalue weighted by Crippen LogP contribution is 2.35. The van der Waals surface area contributed by atoms with Crippen LogP contribution in [0.5, 0.6) is 17.2 Å². The Balaban J connectivity index is 1.70. The number of nitrogens with zero attached hydrogens (tertiary/aromatic N) is 1. The Hall–Kier alpha value is -3.58. The molecule has 0 aromatic heterocycles. The number of benzene rings is 2. The van der Waals surface area contributed by atoms with Crippen molar-refractivity contribution in [1.82, 2.24) is 16.1 Å². The molecule has 2 aromatic carbocycles. The molecule has 196 valence electrons. The largest absolute Gasteiger partial charge is 0.506 e. The minimum Gasteiger partial charge on any atom is -0.506 e. The number of hydrogen-bond acceptors (Lipinski definition) is 8. The molecule has 3 amide bonds. The van der Waals surface area contributed by atoms with Gasteiger partial charge in [-0.2, -0.15) is 5.10 Å². The van der Waals surface area contributed by atoms with Crippen molar-refractivity contribution in [3.63, 3.8) is 0 Å². The zero-order chi connectivity index (χ0) is 27.1. The van der Waals surface area contributed by atoms with Gasteiger partial charge in [0.25, 0.3) is 5.91 Å². The first-order valence-electron chi connectivity index (χ1n) is 10.9. The van der Waals surface area contributed by atoms with Gasteiger partial charge < -0.3 is 30.0 Å². The molecule has 0 bridgehead atoms. The van der Waals surface area contributed by atoms with Crippen LogP contribution in [0.4, 0.5) is 4.79 Å². The average Bonchev–Trinajstić information content (AvgIpc) is 2.85. The van der Waals surface area contributed by atoms with Gasteiger partial charge in [-0.25, -0.2) is 15.0 Å². The van der Waals surface area contributed by atoms with Crippen LogP contribution in [0.15, 0.2) is 55.6 Å². The van der Waals surface area contributed by atoms with Crippen LogP contribution >= 0.6 is 31.9 Å². The van der Waals surface area contributed by atoms with Gasteiger partial charge in [-0.15, -0.1) is 0 Å². The molecule has 1 atom stereocenters. The van der Waals surface area contributed by atoms with E-state index in [1.165, 1.54) is 13.3 Å². The standard InChI is InChI=1S/C24H24Br2N4O7/c1-4-36-23(33)20-12(2)28-24(34)29-21(20)13-5-6-17(18(8-13)35-3)37-11-19(31)30-27-10-14-7-15(25)9-16(26)22(14)32/h5-10,21,32H,4,11H2,1-3H3,(H,30,31)(H2,28,29,34)/b27-10-/t21-/m1/s1. The number of nitrogens with one attached hydrogen (secondary N) is 3. The molecule has 37 heavy (non-hydrogen) atoms. The molecule has 0 spiro atoms. The Morgan fingerprint density at radius 2 is 1.97 bits per heavy atom. The molecule has 3 rings (SSSR count). The maximum absolute atomic E-state index is 12.5. The number of phenols is 1. The third-order valence-electron chi connectivity index (χ3n) is 5.09. The van der Waals surface area contributed by atoms with Crippen LogP contribution in [-0.4, -0.2) is 49.6 Å². The maximum atomic E-state index is 12.5. The van der Waals surface area contributed by atoms with Gasteiger partial charge in [-0.3, -0.25) is 4.79 Å². The van der Waals surface area contributed by atoms with Gasteiger partial charge in [0.15, 0.2) is 18.1 Å². The highest BCUT2D eigenvalue weighted by molar-refractivity contribution is 9.11. The number of halogens is 2. The molecule has 0 radical (unpaired) electrons. The fourth-order valence-corrected chi connectivity index (χ4v) is 4.70. The van der Waals surface area contributed by atoms with Crippen LogP contribution in [0.25, 0.3) is 0 Å². The smallest absolute Gasteiger partial charge is 0.338 e. The van der Waals surface area contributed by atoms with Crippen molar-refractivity contribution in [1.29, 1.82) is 0 Å². The van der Waals surface area contributed by atoms with E-state index in [1.54, 1.807) is 44.2 Å². The molecule has 4 N–H and O–H groups in total. The number of urea groups is 1. The van der Waals surface area contributed by atoms with E-state index in [-0.39, 0.29) is 36.0 Å². The first-order valence-corrected chi connectivity index (χ1v) is 12.5. The number of allylic oxidation sites excluding steroid dienone is 1. The van der Waals surface area contributed by atoms with Crippen LogP contribution < -0.4 is 25.5 Å². The van der Waals surface area contributed by atoms with E-state index in [1.807, 2.05) is 0 Å². The second-order valence-electron chi connectivity index (χ2n) is 7.61. The van der Waals surface area contributed by atoms with E-state index < -0.39 is 23.9 Å². The highest BCUT2D eigenvalue weighted by atomic mass is 79.9. The number of methoxy groups -OCH3 is 1. The Morgan fingerprint density at radius 3 is 2.68 bits per heavy atom. The van der Waals surface area contributed by atoms with Crippen molar-refractivity contribution in [2.45, 2.75) is 19.9 Å². The number of rotatable bonds is 9. The lowest BCUT2D eigenvalue weighted by molar-refractivity contribution is -0.139. The molecule has 0 saturated carbocycles. The Kier molecular flexibility index (Phi) is 9.53. The van der Waals surface area contributed by atoms with Gasteiger partial charge in [0, 0.05) is 15.7 Å². The van der Waals surface area contributed by atoms with Crippen molar-refractivity contribution < 1.29 is 33.7 Å². The summed E-state index contributed by atoms with van der Waals surface area (Å²) < 4.78 is 17.3. The lowest BCUT2D eigenvalue weighted by atomic mass is 9.95. The first-order chi connectivity index (χ1) is 17.6. The predicted molar refractivity (Wildman–Crippen MR) is 141 cm³/mol. The lowest BCUT2D eigenvalue weighted by Gasteiger charge is -2.28. The second-order valence-corrected chi connectivity index (χ2v) is 9.38. The Morgan fingerprint density at radius 1 is 1.22 bits per heavy atom. The summed E-state index contributed by atoms with van der Waals surface area (Å²) >= 11 is 6.54. The van der Waals surface area contributed by atoms with Crippen LogP contribution in [-0.2, 0) is 14.3 Å². The normalized spacial score (nSPS) is 15.2. The van der Waals surface area contributed by atoms with Crippen LogP contribution in [0.3, 0.4) is 0 Å². The zero-order valence-electron chi connectivity index (χ0n) is 20.1. The molecule has 0 aliphatic carbocycles. The molecule has 13 heteroatoms. The van der Waals surface area contributed by atoms with Gasteiger partial charge in [0.05, 0.1) is 36.0 Å². The molecule has 1 heterocycles. The fourth-order valence-electron chi connectivity index (χ4n) is 3.44. The number of hydrogen-bond donors (Lipinski definition) is 4. The van der Waals surface area contributed by atoms with E-state index in [0.29, 0.717) is 25.8 Å². The summed E-state index contributed by atoms with van der Waals surface area (Å²) in [5.41, 5.74) is 3.90. The molecule has 0 fully saturated rings. The molecule has 1 aliphatic rings. The fraction of sp³-hybridized carbons (Fsp3) is 0.250. The van der Waals surface area contributed by atoms with Crippen molar-refractivity contribution in [2.24, 2.45) is 5.10 Å². The summed E-state index contributed by atoms with van der Waals surface area (Å²) in [6.07, 6.45) is 1.29. The topological polar surface area (TPSA) is 148 Å². The minimum absolute atomic E-state index is 0.0247. The summed E-state index contributed by atoms with van der Waals surface area (Å²) in [6.45, 7) is 3.11. The van der Waals surface area contributed by atoms with E-state index in [0.717, 1.165) is 0 Å². The van der Waals surface area contributed by atoms with E-state index >= 15 is 0 Å². The monoisotopic (exact) mass is 638 g/mol. The third kappa shape index (κ3) is 7.01. The van der Waals surface area contributed by atoms with Gasteiger partial charge in [0.2, 0.25) is 0 Å². The average molecular weight is 640 g/mol. The molecule has 11 nitrogen and oxygen atoms in total. The number of carbonyl (C=O) groups is 3. The van der Waals surface area contributed by atoms with Gasteiger partial charge >= 0.3 is 12.0 Å². The SMILES string of the molecule is CCOC(=O)C1=C(C)NC(=O)N[C@@H]1c1ccc(OCC(=O)N/N=C\c2cc(Br)cc(Br)c2O)c(OC)c1. The Bertz CT molecular complexity index is 1280. The predicted octanol–water partition coefficient (Wildman–Crippen LogP) is 3.65. The number of phenolic OH excluding ortho intramolecular Hbond substituents is 1. The zero-order valence-corrected chi connectivity index (χ0v) is 23.2. The van der Waals surface area contributed by atoms with Gasteiger partial charge in [-0.05, 0) is 59.6 Å². The molecule has 0 saturated heterocycles. The van der Waals surface area contributed by atoms with Crippen molar-refractivity contribution in [3.8, 4) is 17.2 Å². The van der Waals surface area contributed by atoms with Crippen LogP contribution in [0.2, 0.25) is 0 Å². The number of carbonyl (C=O) groups excluding carboxylic acids is 3. The number of ether oxygens (including phenoxy) is 3. The van der Waals surface area contributed by atoms with Crippen molar-refractivity contribution >= 4 is 56.0 Å². The second kappa shape index (κ2) is 12.6. The van der Waals surface area contributed by atoms with Gasteiger partial charge in [-0.1, -0.05) is 22.0 Å². The summed E-state index contributed by atoms with van der Waals surface area (Å²) in [5, 5.41) is 19.2. The summed E-state index contributed by atoms with van der Waals surface area (Å²) in [5.74, 6) is -0.588. The van der Waals surface area contributed by atoms with E-state index in [2.05, 4.69) is 53.0 Å². The number of aromatic hydroxyl groups is 1. The van der Waals surface area contributed by atoms with E-state index in [9.17, 15) is 19.5 Å². The number of esters is 1. The molecule has 0 unspecified atom stereocenters. The maximum Gasteiger partial charge on any atom is 0.338 e. The number of hydrazone groups is 1. The van der Waals surface area contributed by atoms with Gasteiger partial charge in [0.1, 0.15) is 5.75 Å². The lowest BCUT2D eigenvalue weighted by Crippen LogP contribution is -2.45. The summed E-state index contributed by atoms with van der Waals surface area (Å²) in [4.78, 5) is 36.8. The van der Waals surface area contributed by atoms with E-state index in [4.69, 9.17) is 14.2 Å². The minimum atomic E-state index is -0.775. The quantitative estimate of drug-likeness (QED) is 0.186. The molecule has 1 aliphatic heterocycles. The summed E-state index contributed by atoms with van der Waals surface area (Å²) in [7, 11) is 1.42.